The van der Waals surface area contributed by atoms with E-state index in [0.29, 0.717) is 21.9 Å². The monoisotopic (exact) mass is 312 g/mol. The first-order chi connectivity index (χ1) is 8.49. The minimum atomic E-state index is -0.160. The van der Waals surface area contributed by atoms with E-state index in [1.54, 1.807) is 6.92 Å². The third-order valence-corrected chi connectivity index (χ3v) is 3.38. The number of nitrogens with zero attached hydrogens (tertiary/aromatic N) is 4. The normalized spacial score (nSPS) is 11.2. The van der Waals surface area contributed by atoms with E-state index in [9.17, 15) is 4.79 Å². The molecule has 6 nitrogen and oxygen atoms in total. The molecule has 0 aliphatic carbocycles. The Bertz CT molecular complexity index is 618. The van der Waals surface area contributed by atoms with E-state index in [-0.39, 0.29) is 18.0 Å². The zero-order valence-electron chi connectivity index (χ0n) is 10.3. The molecule has 0 unspecified atom stereocenters. The van der Waals surface area contributed by atoms with Gasteiger partial charge in [0.1, 0.15) is 11.0 Å². The maximum atomic E-state index is 11.9. The quantitative estimate of drug-likeness (QED) is 0.865. The lowest BCUT2D eigenvalue weighted by atomic mass is 10.2. The largest absolute Gasteiger partial charge is 0.337 e. The van der Waals surface area contributed by atoms with Gasteiger partial charge in [-0.1, -0.05) is 19.0 Å². The van der Waals surface area contributed by atoms with Gasteiger partial charge in [0, 0.05) is 5.92 Å². The Morgan fingerprint density at radius 2 is 2.22 bits per heavy atom. The Kier molecular flexibility index (Phi) is 3.60. The third-order valence-electron chi connectivity index (χ3n) is 2.46. The average Bonchev–Trinajstić information content (AvgIpc) is 2.79. The van der Waals surface area contributed by atoms with Crippen LogP contribution in [0.5, 0.6) is 0 Å². The molecule has 2 aromatic heterocycles. The van der Waals surface area contributed by atoms with Gasteiger partial charge >= 0.3 is 0 Å². The Labute approximate surface area is 112 Å². The van der Waals surface area contributed by atoms with E-state index in [1.165, 1.54) is 10.9 Å². The fourth-order valence-corrected chi connectivity index (χ4v) is 1.70. The molecule has 0 N–H and O–H groups in total. The number of rotatable bonds is 3. The highest BCUT2D eigenvalue weighted by Gasteiger charge is 2.12. The maximum Gasteiger partial charge on any atom is 0.268 e. The first-order valence-electron chi connectivity index (χ1n) is 5.53. The molecule has 0 aromatic carbocycles. The minimum absolute atomic E-state index is 0.160. The summed E-state index contributed by atoms with van der Waals surface area (Å²) in [5.41, 5.74) is 0.497. The Morgan fingerprint density at radius 1 is 1.50 bits per heavy atom. The van der Waals surface area contributed by atoms with E-state index >= 15 is 0 Å². The lowest BCUT2D eigenvalue weighted by molar-refractivity contribution is 0.362. The van der Waals surface area contributed by atoms with Crippen molar-refractivity contribution in [2.75, 3.05) is 0 Å². The van der Waals surface area contributed by atoms with Gasteiger partial charge in [-0.15, -0.1) is 0 Å². The minimum Gasteiger partial charge on any atom is -0.337 e. The summed E-state index contributed by atoms with van der Waals surface area (Å²) in [4.78, 5) is 20.2. The van der Waals surface area contributed by atoms with Gasteiger partial charge in [0.2, 0.25) is 5.89 Å². The van der Waals surface area contributed by atoms with Crippen LogP contribution in [-0.4, -0.2) is 19.7 Å². The average molecular weight is 313 g/mol. The summed E-state index contributed by atoms with van der Waals surface area (Å²) in [6.07, 6.45) is 1.47. The van der Waals surface area contributed by atoms with Gasteiger partial charge in [0.05, 0.1) is 12.0 Å². The van der Waals surface area contributed by atoms with Crippen LogP contribution in [0.25, 0.3) is 0 Å². The van der Waals surface area contributed by atoms with Crippen molar-refractivity contribution in [3.63, 3.8) is 0 Å². The number of hydrogen-bond acceptors (Lipinski definition) is 5. The zero-order valence-corrected chi connectivity index (χ0v) is 11.9. The standard InChI is InChI=1S/C11H13BrN4O2/c1-6(2)10-14-8(18-15-10)4-16-5-13-7(3)9(12)11(16)17/h5-6H,4H2,1-3H3. The molecule has 0 aliphatic heterocycles. The van der Waals surface area contributed by atoms with E-state index in [0.717, 1.165) is 0 Å². The molecule has 0 bridgehead atoms. The summed E-state index contributed by atoms with van der Waals surface area (Å²) in [7, 11) is 0. The Morgan fingerprint density at radius 3 is 2.83 bits per heavy atom. The van der Waals surface area contributed by atoms with Crippen LogP contribution in [0.1, 0.15) is 37.2 Å². The summed E-state index contributed by atoms with van der Waals surface area (Å²) < 4.78 is 6.97. The molecule has 96 valence electrons. The van der Waals surface area contributed by atoms with Crippen LogP contribution in [0.15, 0.2) is 20.1 Å². The Hall–Kier alpha value is -1.50. The van der Waals surface area contributed by atoms with Crippen molar-refractivity contribution < 1.29 is 4.52 Å². The molecule has 2 aromatic rings. The summed E-state index contributed by atoms with van der Waals surface area (Å²) in [6, 6.07) is 0. The van der Waals surface area contributed by atoms with Crippen molar-refractivity contribution >= 4 is 15.9 Å². The zero-order chi connectivity index (χ0) is 13.3. The highest BCUT2D eigenvalue weighted by molar-refractivity contribution is 9.10. The highest BCUT2D eigenvalue weighted by atomic mass is 79.9. The van der Waals surface area contributed by atoms with Crippen molar-refractivity contribution in [2.45, 2.75) is 33.2 Å². The van der Waals surface area contributed by atoms with Gasteiger partial charge in [-0.3, -0.25) is 9.36 Å². The summed E-state index contributed by atoms with van der Waals surface area (Å²) >= 11 is 3.21. The van der Waals surface area contributed by atoms with Crippen molar-refractivity contribution in [2.24, 2.45) is 0 Å². The van der Waals surface area contributed by atoms with E-state index < -0.39 is 0 Å². The molecular weight excluding hydrogens is 300 g/mol. The lowest BCUT2D eigenvalue weighted by Gasteiger charge is -2.03. The van der Waals surface area contributed by atoms with Gasteiger partial charge in [-0.2, -0.15) is 4.98 Å². The molecule has 0 saturated heterocycles. The van der Waals surface area contributed by atoms with Crippen molar-refractivity contribution in [1.29, 1.82) is 0 Å². The van der Waals surface area contributed by atoms with Gasteiger partial charge < -0.3 is 4.52 Å². The molecule has 0 aliphatic rings. The van der Waals surface area contributed by atoms with Crippen LogP contribution < -0.4 is 5.56 Å². The topological polar surface area (TPSA) is 73.8 Å². The number of hydrogen-bond donors (Lipinski definition) is 0. The molecule has 0 atom stereocenters. The van der Waals surface area contributed by atoms with Crippen LogP contribution in [0.4, 0.5) is 0 Å². The van der Waals surface area contributed by atoms with Crippen molar-refractivity contribution in [3.8, 4) is 0 Å². The van der Waals surface area contributed by atoms with Gasteiger partial charge in [0.25, 0.3) is 5.56 Å². The third kappa shape index (κ3) is 2.50. The van der Waals surface area contributed by atoms with Crippen LogP contribution in [0.3, 0.4) is 0 Å². The molecular formula is C11H13BrN4O2. The first-order valence-corrected chi connectivity index (χ1v) is 6.32. The summed E-state index contributed by atoms with van der Waals surface area (Å²) in [5, 5.41) is 3.85. The van der Waals surface area contributed by atoms with Gasteiger partial charge in [-0.25, -0.2) is 4.98 Å². The van der Waals surface area contributed by atoms with E-state index in [1.807, 2.05) is 13.8 Å². The molecule has 0 saturated carbocycles. The second kappa shape index (κ2) is 5.01. The van der Waals surface area contributed by atoms with Gasteiger partial charge in [-0.05, 0) is 22.9 Å². The van der Waals surface area contributed by atoms with Crippen molar-refractivity contribution in [3.05, 3.63) is 38.6 Å². The fraction of sp³-hybridized carbons (Fsp3) is 0.455. The van der Waals surface area contributed by atoms with E-state index in [2.05, 4.69) is 31.1 Å². The molecule has 2 rings (SSSR count). The SMILES string of the molecule is Cc1ncn(Cc2nc(C(C)C)no2)c(=O)c1Br. The fourth-order valence-electron chi connectivity index (χ4n) is 1.37. The first kappa shape index (κ1) is 12.9. The number of aromatic nitrogens is 4. The van der Waals surface area contributed by atoms with Gasteiger partial charge in [0.15, 0.2) is 5.82 Å². The molecule has 0 amide bonds. The van der Waals surface area contributed by atoms with Crippen LogP contribution in [0.2, 0.25) is 0 Å². The molecule has 0 fully saturated rings. The maximum absolute atomic E-state index is 11.9. The van der Waals surface area contributed by atoms with Crippen LogP contribution >= 0.6 is 15.9 Å². The highest BCUT2D eigenvalue weighted by Crippen LogP contribution is 2.11. The Balaban J connectivity index is 2.29. The number of halogens is 1. The number of aryl methyl sites for hydroxylation is 1. The van der Waals surface area contributed by atoms with Crippen LogP contribution in [-0.2, 0) is 6.54 Å². The van der Waals surface area contributed by atoms with E-state index in [4.69, 9.17) is 4.52 Å². The summed E-state index contributed by atoms with van der Waals surface area (Å²) in [5.74, 6) is 1.23. The predicted molar refractivity (Wildman–Crippen MR) is 68.4 cm³/mol. The molecule has 0 spiro atoms. The van der Waals surface area contributed by atoms with Crippen LogP contribution in [0, 0.1) is 6.92 Å². The summed E-state index contributed by atoms with van der Waals surface area (Å²) in [6.45, 7) is 5.94. The van der Waals surface area contributed by atoms with Crippen molar-refractivity contribution in [1.82, 2.24) is 19.7 Å². The molecule has 18 heavy (non-hydrogen) atoms. The smallest absolute Gasteiger partial charge is 0.268 e. The predicted octanol–water partition coefficient (Wildman–Crippen LogP) is 1.87. The molecule has 0 radical (unpaired) electrons. The molecule has 2 heterocycles. The second-order valence-electron chi connectivity index (χ2n) is 4.28. The lowest BCUT2D eigenvalue weighted by Crippen LogP contribution is -2.22. The molecule has 7 heteroatoms. The second-order valence-corrected chi connectivity index (χ2v) is 5.07.